The fourth-order valence-electron chi connectivity index (χ4n) is 3.48. The van der Waals surface area contributed by atoms with Crippen LogP contribution in [0.3, 0.4) is 0 Å². The smallest absolute Gasteiger partial charge is 0.255 e. The van der Waals surface area contributed by atoms with Gasteiger partial charge in [0.25, 0.3) is 11.8 Å². The second kappa shape index (κ2) is 9.80. The van der Waals surface area contributed by atoms with Crippen LogP contribution in [0.4, 0.5) is 11.4 Å². The molecule has 4 aromatic rings. The average molecular weight is 475 g/mol. The Morgan fingerprint density at radius 1 is 0.853 bits per heavy atom. The van der Waals surface area contributed by atoms with Crippen LogP contribution in [0.15, 0.2) is 72.8 Å². The molecule has 8 heteroatoms. The highest BCUT2D eigenvalue weighted by Gasteiger charge is 2.13. The number of amides is 2. The number of aryl methyl sites for hydroxylation is 1. The lowest BCUT2D eigenvalue weighted by atomic mass is 10.1. The molecule has 0 bridgehead atoms. The topological polar surface area (TPSA) is 85.3 Å². The quantitative estimate of drug-likeness (QED) is 0.378. The Balaban J connectivity index is 1.41. The molecule has 2 amide bonds. The summed E-state index contributed by atoms with van der Waals surface area (Å²) >= 11 is 6.23. The standard InChI is InChI=1S/C26H23ClN4O3/c1-16-24(27)17(2)31(30-16)21-14-10-19(11-15-21)25(32)28-20-12-8-18(9-13-20)26(33)29-22-6-4-5-7-23(22)34-3/h4-15H,1-3H3,(H,28,32)(H,29,33). The fraction of sp³-hybridized carbons (Fsp3) is 0.115. The predicted octanol–water partition coefficient (Wildman–Crippen LogP) is 5.66. The molecule has 0 aliphatic carbocycles. The molecule has 0 saturated heterocycles. The summed E-state index contributed by atoms with van der Waals surface area (Å²) in [6, 6.07) is 20.9. The van der Waals surface area contributed by atoms with Gasteiger partial charge >= 0.3 is 0 Å². The summed E-state index contributed by atoms with van der Waals surface area (Å²) in [5.41, 5.74) is 4.51. The normalized spacial score (nSPS) is 10.6. The number of methoxy groups -OCH3 is 1. The number of hydrogen-bond acceptors (Lipinski definition) is 4. The molecule has 172 valence electrons. The lowest BCUT2D eigenvalue weighted by Crippen LogP contribution is -2.14. The van der Waals surface area contributed by atoms with E-state index in [-0.39, 0.29) is 11.8 Å². The Morgan fingerprint density at radius 3 is 2.03 bits per heavy atom. The summed E-state index contributed by atoms with van der Waals surface area (Å²) in [5.74, 6) is 0.0399. The maximum absolute atomic E-state index is 12.7. The number of rotatable bonds is 6. The summed E-state index contributed by atoms with van der Waals surface area (Å²) in [7, 11) is 1.55. The summed E-state index contributed by atoms with van der Waals surface area (Å²) in [6.45, 7) is 3.74. The summed E-state index contributed by atoms with van der Waals surface area (Å²) in [5, 5.41) is 10.7. The number of hydrogen-bond donors (Lipinski definition) is 2. The molecule has 0 fully saturated rings. The Kier molecular flexibility index (Phi) is 6.65. The summed E-state index contributed by atoms with van der Waals surface area (Å²) < 4.78 is 7.00. The zero-order chi connectivity index (χ0) is 24.2. The number of para-hydroxylation sites is 2. The largest absolute Gasteiger partial charge is 0.495 e. The van der Waals surface area contributed by atoms with E-state index < -0.39 is 0 Å². The molecule has 1 heterocycles. The van der Waals surface area contributed by atoms with Crippen molar-refractivity contribution in [1.82, 2.24) is 9.78 Å². The first-order valence-electron chi connectivity index (χ1n) is 10.6. The van der Waals surface area contributed by atoms with E-state index in [2.05, 4.69) is 15.7 Å². The first-order chi connectivity index (χ1) is 16.4. The van der Waals surface area contributed by atoms with E-state index in [0.717, 1.165) is 17.1 Å². The third-order valence-electron chi connectivity index (χ3n) is 5.34. The van der Waals surface area contributed by atoms with Gasteiger partial charge in [-0.05, 0) is 74.5 Å². The maximum Gasteiger partial charge on any atom is 0.255 e. The maximum atomic E-state index is 12.7. The highest BCUT2D eigenvalue weighted by Crippen LogP contribution is 2.24. The van der Waals surface area contributed by atoms with Crippen LogP contribution in [-0.2, 0) is 0 Å². The second-order valence-corrected chi connectivity index (χ2v) is 8.01. The van der Waals surface area contributed by atoms with Crippen molar-refractivity contribution >= 4 is 34.8 Å². The molecule has 4 rings (SSSR count). The highest BCUT2D eigenvalue weighted by molar-refractivity contribution is 6.31. The van der Waals surface area contributed by atoms with Crippen molar-refractivity contribution in [2.45, 2.75) is 13.8 Å². The minimum absolute atomic E-state index is 0.260. The van der Waals surface area contributed by atoms with Gasteiger partial charge in [-0.25, -0.2) is 4.68 Å². The number of carbonyl (C=O) groups excluding carboxylic acids is 2. The van der Waals surface area contributed by atoms with E-state index in [4.69, 9.17) is 16.3 Å². The Bertz CT molecular complexity index is 1350. The minimum atomic E-state index is -0.276. The van der Waals surface area contributed by atoms with E-state index in [1.807, 2.05) is 38.1 Å². The number of nitrogens with zero attached hydrogens (tertiary/aromatic N) is 2. The van der Waals surface area contributed by atoms with Gasteiger partial charge in [-0.1, -0.05) is 23.7 Å². The van der Waals surface area contributed by atoms with Crippen LogP contribution in [0, 0.1) is 13.8 Å². The fourth-order valence-corrected chi connectivity index (χ4v) is 3.60. The SMILES string of the molecule is COc1ccccc1NC(=O)c1ccc(NC(=O)c2ccc(-n3nc(C)c(Cl)c3C)cc2)cc1. The zero-order valence-electron chi connectivity index (χ0n) is 18.9. The third-order valence-corrected chi connectivity index (χ3v) is 5.88. The third kappa shape index (κ3) is 4.79. The van der Waals surface area contributed by atoms with Gasteiger partial charge in [-0.15, -0.1) is 0 Å². The average Bonchev–Trinajstić information content (AvgIpc) is 3.12. The van der Waals surface area contributed by atoms with Gasteiger partial charge in [0, 0.05) is 16.8 Å². The molecular weight excluding hydrogens is 452 g/mol. The van der Waals surface area contributed by atoms with Crippen molar-refractivity contribution < 1.29 is 14.3 Å². The van der Waals surface area contributed by atoms with Crippen LogP contribution in [0.5, 0.6) is 5.75 Å². The van der Waals surface area contributed by atoms with E-state index in [1.54, 1.807) is 60.3 Å². The number of anilines is 2. The first kappa shape index (κ1) is 23.1. The highest BCUT2D eigenvalue weighted by atomic mass is 35.5. The van der Waals surface area contributed by atoms with Crippen molar-refractivity contribution in [1.29, 1.82) is 0 Å². The lowest BCUT2D eigenvalue weighted by molar-refractivity contribution is 0.101. The molecule has 34 heavy (non-hydrogen) atoms. The molecule has 2 N–H and O–H groups in total. The molecule has 0 unspecified atom stereocenters. The summed E-state index contributed by atoms with van der Waals surface area (Å²) in [6.07, 6.45) is 0. The molecule has 0 atom stereocenters. The Hall–Kier alpha value is -4.10. The molecular formula is C26H23ClN4O3. The van der Waals surface area contributed by atoms with E-state index in [1.165, 1.54) is 0 Å². The van der Waals surface area contributed by atoms with Gasteiger partial charge in [-0.3, -0.25) is 9.59 Å². The Labute approximate surface area is 202 Å². The molecule has 1 aromatic heterocycles. The number of nitrogens with one attached hydrogen (secondary N) is 2. The minimum Gasteiger partial charge on any atom is -0.495 e. The van der Waals surface area contributed by atoms with Crippen molar-refractivity contribution in [3.63, 3.8) is 0 Å². The predicted molar refractivity (Wildman–Crippen MR) is 133 cm³/mol. The van der Waals surface area contributed by atoms with Gasteiger partial charge in [0.1, 0.15) is 5.75 Å². The van der Waals surface area contributed by atoms with Crippen LogP contribution in [-0.4, -0.2) is 28.7 Å². The Morgan fingerprint density at radius 2 is 1.44 bits per heavy atom. The van der Waals surface area contributed by atoms with Crippen LogP contribution < -0.4 is 15.4 Å². The molecule has 0 saturated carbocycles. The zero-order valence-corrected chi connectivity index (χ0v) is 19.7. The second-order valence-electron chi connectivity index (χ2n) is 7.63. The van der Waals surface area contributed by atoms with E-state index in [9.17, 15) is 9.59 Å². The molecule has 0 aliphatic heterocycles. The van der Waals surface area contributed by atoms with Gasteiger partial charge in [0.2, 0.25) is 0 Å². The molecule has 7 nitrogen and oxygen atoms in total. The van der Waals surface area contributed by atoms with Crippen molar-refractivity contribution in [3.05, 3.63) is 100 Å². The van der Waals surface area contributed by atoms with E-state index in [0.29, 0.717) is 33.3 Å². The molecule has 3 aromatic carbocycles. The number of halogens is 1. The molecule has 0 radical (unpaired) electrons. The van der Waals surface area contributed by atoms with Crippen LogP contribution in [0.25, 0.3) is 5.69 Å². The van der Waals surface area contributed by atoms with Crippen molar-refractivity contribution in [2.24, 2.45) is 0 Å². The lowest BCUT2D eigenvalue weighted by Gasteiger charge is -2.11. The van der Waals surface area contributed by atoms with E-state index >= 15 is 0 Å². The van der Waals surface area contributed by atoms with Gasteiger partial charge < -0.3 is 15.4 Å². The van der Waals surface area contributed by atoms with Crippen LogP contribution in [0.2, 0.25) is 5.02 Å². The molecule has 0 aliphatic rings. The van der Waals surface area contributed by atoms with Crippen LogP contribution >= 0.6 is 11.6 Å². The van der Waals surface area contributed by atoms with Gasteiger partial charge in [0.15, 0.2) is 0 Å². The van der Waals surface area contributed by atoms with Crippen molar-refractivity contribution in [3.8, 4) is 11.4 Å². The summed E-state index contributed by atoms with van der Waals surface area (Å²) in [4.78, 5) is 25.2. The first-order valence-corrected chi connectivity index (χ1v) is 10.9. The number of benzene rings is 3. The monoisotopic (exact) mass is 474 g/mol. The number of carbonyl (C=O) groups is 2. The van der Waals surface area contributed by atoms with Gasteiger partial charge in [-0.2, -0.15) is 5.10 Å². The van der Waals surface area contributed by atoms with Gasteiger partial charge in [0.05, 0.1) is 34.9 Å². The number of aromatic nitrogens is 2. The molecule has 0 spiro atoms. The van der Waals surface area contributed by atoms with Crippen LogP contribution in [0.1, 0.15) is 32.1 Å². The van der Waals surface area contributed by atoms with Crippen molar-refractivity contribution in [2.75, 3.05) is 17.7 Å². The number of ether oxygens (including phenoxy) is 1.